The average molecular weight is 1150 g/mol. The SMILES string of the molecule is CCCCCCCCCCC=CC1=C(c2cc(CCCC)cc(CCCC)c2)[N+](=[N-])C(c2cc(CCCC)cc(CCCC)c2)=C1.CCCCCCCCCCCCCC[CH2][Pd][CH2]CCCCCCCCCCCCCC. The van der Waals surface area contributed by atoms with Crippen LogP contribution in [-0.2, 0) is 43.7 Å². The number of rotatable bonds is 52. The second-order valence-corrected chi connectivity index (χ2v) is 26.1. The molecule has 3 rings (SSSR count). The normalized spacial score (nSPS) is 12.7. The Morgan fingerprint density at radius 1 is 0.338 bits per heavy atom. The molecule has 0 bridgehead atoms. The van der Waals surface area contributed by atoms with E-state index in [1.807, 2.05) is 0 Å². The molecule has 1 heterocycles. The number of unbranched alkanes of at least 4 members (excludes halogenated alkanes) is 36. The Balaban J connectivity index is 0.000000572. The summed E-state index contributed by atoms with van der Waals surface area (Å²) in [5.41, 5.74) is 22.9. The number of allylic oxidation sites excluding steroid dienone is 4. The molecule has 0 atom stereocenters. The molecule has 1 aliphatic rings. The summed E-state index contributed by atoms with van der Waals surface area (Å²) in [5, 5.41) is 0. The van der Waals surface area contributed by atoms with Gasteiger partial charge in [0.15, 0.2) is 0 Å². The van der Waals surface area contributed by atoms with E-state index in [-0.39, 0.29) is 0 Å². The molecule has 0 N–H and O–H groups in total. The van der Waals surface area contributed by atoms with Crippen molar-refractivity contribution in [3.63, 3.8) is 0 Å². The summed E-state index contributed by atoms with van der Waals surface area (Å²) < 4.78 is 1.51. The number of nitrogens with zero attached hydrogens (tertiary/aromatic N) is 2. The summed E-state index contributed by atoms with van der Waals surface area (Å²) in [6.45, 7) is 16.0. The molecule has 0 aromatic heterocycles. The quantitative estimate of drug-likeness (QED) is 0.0358. The summed E-state index contributed by atoms with van der Waals surface area (Å²) >= 11 is 1.06. The van der Waals surface area contributed by atoms with Gasteiger partial charge in [-0.15, -0.1) is 0 Å². The zero-order chi connectivity index (χ0) is 55.5. The van der Waals surface area contributed by atoms with E-state index < -0.39 is 0 Å². The first-order valence-corrected chi connectivity index (χ1v) is 36.5. The molecule has 3 heteroatoms. The van der Waals surface area contributed by atoms with Gasteiger partial charge in [0.2, 0.25) is 11.4 Å². The van der Waals surface area contributed by atoms with Crippen molar-refractivity contribution < 1.29 is 22.7 Å². The van der Waals surface area contributed by atoms with Gasteiger partial charge in [-0.2, -0.15) is 0 Å². The third-order valence-corrected chi connectivity index (χ3v) is 18.3. The van der Waals surface area contributed by atoms with Crippen molar-refractivity contribution >= 4 is 11.4 Å². The summed E-state index contributed by atoms with van der Waals surface area (Å²) in [7, 11) is 0. The predicted octanol–water partition coefficient (Wildman–Crippen LogP) is 26.0. The van der Waals surface area contributed by atoms with Gasteiger partial charge >= 0.3 is 169 Å². The molecule has 0 saturated heterocycles. The zero-order valence-corrected chi connectivity index (χ0v) is 54.1. The van der Waals surface area contributed by atoms with Crippen molar-refractivity contribution in [3.8, 4) is 0 Å². The summed E-state index contributed by atoms with van der Waals surface area (Å²) in [6, 6.07) is 14.2. The van der Waals surface area contributed by atoms with Crippen LogP contribution in [0.1, 0.15) is 358 Å². The summed E-state index contributed by atoms with van der Waals surface area (Å²) in [5.74, 6) is 0. The zero-order valence-electron chi connectivity index (χ0n) is 52.6. The van der Waals surface area contributed by atoms with Crippen molar-refractivity contribution in [1.82, 2.24) is 0 Å². The van der Waals surface area contributed by atoms with Crippen LogP contribution in [-0.4, -0.2) is 4.70 Å². The molecule has 2 aromatic carbocycles. The fourth-order valence-electron chi connectivity index (χ4n) is 11.1. The van der Waals surface area contributed by atoms with Crippen LogP contribution in [0.3, 0.4) is 0 Å². The van der Waals surface area contributed by atoms with Crippen molar-refractivity contribution in [3.05, 3.63) is 99.1 Å². The number of hydrogen-bond donors (Lipinski definition) is 0. The Labute approximate surface area is 490 Å². The van der Waals surface area contributed by atoms with Gasteiger partial charge < -0.3 is 5.53 Å². The molecular formula is C74H128N2Pd. The fraction of sp³-hybridized carbons (Fsp3) is 0.757. The minimum Gasteiger partial charge on any atom is -0.0654 e. The van der Waals surface area contributed by atoms with Crippen LogP contribution in [0.25, 0.3) is 16.9 Å². The Hall–Kier alpha value is -2.08. The Kier molecular flexibility index (Phi) is 48.0. The maximum absolute atomic E-state index is 12.0. The van der Waals surface area contributed by atoms with E-state index >= 15 is 0 Å². The van der Waals surface area contributed by atoms with Gasteiger partial charge in [-0.05, 0) is 111 Å². The molecule has 2 aromatic rings. The average Bonchev–Trinajstić information content (AvgIpc) is 3.78. The van der Waals surface area contributed by atoms with E-state index in [4.69, 9.17) is 0 Å². The first-order valence-electron chi connectivity index (χ1n) is 34.3. The van der Waals surface area contributed by atoms with Crippen LogP contribution < -0.4 is 0 Å². The topological polar surface area (TPSA) is 25.3 Å². The molecule has 1 aliphatic heterocycles. The Morgan fingerprint density at radius 3 is 0.948 bits per heavy atom. The fourth-order valence-corrected chi connectivity index (χ4v) is 13.0. The Morgan fingerprint density at radius 2 is 0.623 bits per heavy atom. The smallest absolute Gasteiger partial charge is 0.0654 e. The van der Waals surface area contributed by atoms with Crippen molar-refractivity contribution in [2.75, 3.05) is 0 Å². The van der Waals surface area contributed by atoms with Crippen LogP contribution >= 0.6 is 0 Å². The van der Waals surface area contributed by atoms with Gasteiger partial charge in [0.25, 0.3) is 0 Å². The van der Waals surface area contributed by atoms with E-state index in [1.54, 1.807) is 9.79 Å². The van der Waals surface area contributed by atoms with Gasteiger partial charge in [-0.1, -0.05) is 169 Å². The monoisotopic (exact) mass is 1150 g/mol. The van der Waals surface area contributed by atoms with Crippen LogP contribution in [0.2, 0.25) is 9.79 Å². The molecule has 0 unspecified atom stereocenters. The molecule has 77 heavy (non-hydrogen) atoms. The standard InChI is InChI=1S/C44H66N2.2C15H31.Pd/c1-6-11-16-17-18-19-20-21-22-23-28-40-35-43(41-31-36(24-12-7-2)29-37(32-41)25-13-8-3)46(45)44(40)42-33-38(26-14-9-4)30-39(34-42)27-15-10-5;2*1-3-5-7-9-11-13-15-14-12-10-8-6-4-2;/h23,28-35H,6-22,24-27H2,1-5H3;2*1,3-15H2,2H3;. The van der Waals surface area contributed by atoms with Gasteiger partial charge in [0, 0.05) is 17.2 Å². The van der Waals surface area contributed by atoms with Crippen LogP contribution in [0, 0.1) is 0 Å². The van der Waals surface area contributed by atoms with E-state index in [1.165, 1.54) is 297 Å². The molecule has 0 saturated carbocycles. The van der Waals surface area contributed by atoms with Crippen LogP contribution in [0.4, 0.5) is 0 Å². The first-order chi connectivity index (χ1) is 38.0. The van der Waals surface area contributed by atoms with Gasteiger partial charge in [0.1, 0.15) is 0 Å². The summed E-state index contributed by atoms with van der Waals surface area (Å²) in [6.07, 6.45) is 71.1. The first kappa shape index (κ1) is 71.0. The van der Waals surface area contributed by atoms with Crippen LogP contribution in [0.15, 0.2) is 60.2 Å². The second kappa shape index (κ2) is 52.0. The predicted molar refractivity (Wildman–Crippen MR) is 343 cm³/mol. The van der Waals surface area contributed by atoms with Gasteiger partial charge in [-0.25, -0.2) is 4.70 Å². The second-order valence-electron chi connectivity index (χ2n) is 23.8. The molecule has 0 spiro atoms. The number of benzene rings is 2. The van der Waals surface area contributed by atoms with Crippen LogP contribution in [0.5, 0.6) is 0 Å². The van der Waals surface area contributed by atoms with Crippen molar-refractivity contribution in [1.29, 1.82) is 0 Å². The van der Waals surface area contributed by atoms with Crippen molar-refractivity contribution in [2.24, 2.45) is 0 Å². The molecule has 0 aliphatic carbocycles. The number of hydrogen-bond acceptors (Lipinski definition) is 0. The molecule has 0 fully saturated rings. The van der Waals surface area contributed by atoms with E-state index in [9.17, 15) is 5.53 Å². The minimum absolute atomic E-state index is 0.909. The van der Waals surface area contributed by atoms with Crippen molar-refractivity contribution in [2.45, 2.75) is 360 Å². The minimum atomic E-state index is 0.909. The summed E-state index contributed by atoms with van der Waals surface area (Å²) in [4.78, 5) is 3.09. The number of aryl methyl sites for hydroxylation is 4. The maximum atomic E-state index is 12.0. The molecule has 0 amide bonds. The molecule has 2 nitrogen and oxygen atoms in total. The molecule has 444 valence electrons. The van der Waals surface area contributed by atoms with E-state index in [2.05, 4.69) is 103 Å². The van der Waals surface area contributed by atoms with Gasteiger partial charge in [0.05, 0.1) is 5.57 Å². The van der Waals surface area contributed by atoms with Gasteiger partial charge in [-0.3, -0.25) is 0 Å². The molecular weight excluding hydrogens is 1020 g/mol. The Bertz CT molecular complexity index is 1700. The molecule has 0 radical (unpaired) electrons. The van der Waals surface area contributed by atoms with E-state index in [0.717, 1.165) is 78.2 Å². The third-order valence-electron chi connectivity index (χ3n) is 16.1. The van der Waals surface area contributed by atoms with E-state index in [0.29, 0.717) is 0 Å². The third kappa shape index (κ3) is 36.8.